The van der Waals surface area contributed by atoms with E-state index in [9.17, 15) is 4.79 Å². The summed E-state index contributed by atoms with van der Waals surface area (Å²) in [5.41, 5.74) is 4.23. The van der Waals surface area contributed by atoms with E-state index in [2.05, 4.69) is 19.1 Å². The van der Waals surface area contributed by atoms with Gasteiger partial charge in [-0.05, 0) is 24.6 Å². The van der Waals surface area contributed by atoms with Crippen molar-refractivity contribution in [2.24, 2.45) is 7.05 Å². The van der Waals surface area contributed by atoms with Crippen LogP contribution in [-0.2, 0) is 7.05 Å². The predicted octanol–water partition coefficient (Wildman–Crippen LogP) is 3.20. The van der Waals surface area contributed by atoms with Gasteiger partial charge >= 0.3 is 0 Å². The maximum atomic E-state index is 11.4. The molecule has 1 heterocycles. The third-order valence-electron chi connectivity index (χ3n) is 2.90. The van der Waals surface area contributed by atoms with Crippen LogP contribution in [0.4, 0.5) is 0 Å². The van der Waals surface area contributed by atoms with Gasteiger partial charge in [-0.3, -0.25) is 4.79 Å². The first-order valence-electron chi connectivity index (χ1n) is 5.34. The normalized spacial score (nSPS) is 10.4. The van der Waals surface area contributed by atoms with Crippen molar-refractivity contribution >= 4 is 5.78 Å². The second-order valence-electron chi connectivity index (χ2n) is 4.03. The summed E-state index contributed by atoms with van der Waals surface area (Å²) >= 11 is 0. The van der Waals surface area contributed by atoms with Gasteiger partial charge in [0.05, 0.1) is 5.69 Å². The van der Waals surface area contributed by atoms with E-state index < -0.39 is 0 Å². The third kappa shape index (κ3) is 1.67. The number of benzene rings is 1. The molecule has 2 nitrogen and oxygen atoms in total. The van der Waals surface area contributed by atoms with Crippen molar-refractivity contribution in [3.05, 3.63) is 47.7 Å². The van der Waals surface area contributed by atoms with Gasteiger partial charge in [0.25, 0.3) is 0 Å². The van der Waals surface area contributed by atoms with E-state index >= 15 is 0 Å². The molecule has 0 aliphatic rings. The lowest BCUT2D eigenvalue weighted by molar-refractivity contribution is 0.101. The molecule has 16 heavy (non-hydrogen) atoms. The van der Waals surface area contributed by atoms with Gasteiger partial charge in [-0.25, -0.2) is 0 Å². The number of carbonyl (C=O) groups excluding carboxylic acids is 1. The maximum absolute atomic E-state index is 11.4. The van der Waals surface area contributed by atoms with Crippen LogP contribution in [0, 0.1) is 6.92 Å². The van der Waals surface area contributed by atoms with Crippen LogP contribution < -0.4 is 0 Å². The highest BCUT2D eigenvalue weighted by Crippen LogP contribution is 2.24. The Morgan fingerprint density at radius 1 is 1.12 bits per heavy atom. The molecule has 1 aromatic carbocycles. The number of aromatic nitrogens is 1. The number of hydrogen-bond acceptors (Lipinski definition) is 1. The number of rotatable bonds is 2. The first-order valence-corrected chi connectivity index (χ1v) is 5.34. The molecule has 0 atom stereocenters. The smallest absolute Gasteiger partial charge is 0.176 e. The first-order chi connectivity index (χ1) is 7.61. The molecule has 2 rings (SSSR count). The summed E-state index contributed by atoms with van der Waals surface area (Å²) in [6.45, 7) is 3.67. The van der Waals surface area contributed by atoms with Gasteiger partial charge in [0, 0.05) is 25.2 Å². The van der Waals surface area contributed by atoms with Gasteiger partial charge in [-0.2, -0.15) is 0 Å². The Morgan fingerprint density at radius 3 is 2.38 bits per heavy atom. The Balaban J connectivity index is 2.58. The Hall–Kier alpha value is -1.83. The lowest BCUT2D eigenvalue weighted by atomic mass is 10.1. The van der Waals surface area contributed by atoms with Gasteiger partial charge in [-0.15, -0.1) is 0 Å². The van der Waals surface area contributed by atoms with E-state index in [0.29, 0.717) is 0 Å². The lowest BCUT2D eigenvalue weighted by Gasteiger charge is -2.08. The summed E-state index contributed by atoms with van der Waals surface area (Å²) in [4.78, 5) is 11.4. The fourth-order valence-corrected chi connectivity index (χ4v) is 2.00. The predicted molar refractivity (Wildman–Crippen MR) is 65.6 cm³/mol. The van der Waals surface area contributed by atoms with Crippen molar-refractivity contribution in [3.63, 3.8) is 0 Å². The van der Waals surface area contributed by atoms with Crippen molar-refractivity contribution in [2.45, 2.75) is 13.8 Å². The van der Waals surface area contributed by atoms with E-state index in [1.807, 2.05) is 35.9 Å². The van der Waals surface area contributed by atoms with E-state index in [4.69, 9.17) is 0 Å². The quantitative estimate of drug-likeness (QED) is 0.702. The molecule has 1 aromatic heterocycles. The molecule has 0 N–H and O–H groups in total. The maximum Gasteiger partial charge on any atom is 0.176 e. The molecule has 2 aromatic rings. The van der Waals surface area contributed by atoms with Crippen molar-refractivity contribution in [1.29, 1.82) is 0 Å². The second kappa shape index (κ2) is 3.97. The summed E-state index contributed by atoms with van der Waals surface area (Å²) < 4.78 is 1.95. The van der Waals surface area contributed by atoms with Crippen LogP contribution in [-0.4, -0.2) is 10.4 Å². The van der Waals surface area contributed by atoms with E-state index in [1.165, 1.54) is 11.1 Å². The first kappa shape index (κ1) is 10.7. The zero-order chi connectivity index (χ0) is 11.7. The van der Waals surface area contributed by atoms with Crippen molar-refractivity contribution in [3.8, 4) is 11.3 Å². The Labute approximate surface area is 95.5 Å². The highest BCUT2D eigenvalue weighted by Gasteiger charge is 2.10. The zero-order valence-corrected chi connectivity index (χ0v) is 9.82. The van der Waals surface area contributed by atoms with Crippen LogP contribution in [0.15, 0.2) is 36.4 Å². The molecular weight excluding hydrogens is 198 g/mol. The highest BCUT2D eigenvalue weighted by atomic mass is 16.1. The molecule has 2 heteroatoms. The summed E-state index contributed by atoms with van der Waals surface area (Å²) in [5.74, 6) is 0.0994. The van der Waals surface area contributed by atoms with Gasteiger partial charge in [-0.1, -0.05) is 24.3 Å². The number of carbonyl (C=O) groups is 1. The van der Waals surface area contributed by atoms with Gasteiger partial charge in [0.1, 0.15) is 0 Å². The number of nitrogens with zero attached hydrogens (tertiary/aromatic N) is 1. The molecule has 82 valence electrons. The zero-order valence-electron chi connectivity index (χ0n) is 9.82. The van der Waals surface area contributed by atoms with Crippen LogP contribution in [0.3, 0.4) is 0 Å². The molecular formula is C14H15NO. The second-order valence-corrected chi connectivity index (χ2v) is 4.03. The summed E-state index contributed by atoms with van der Waals surface area (Å²) in [5, 5.41) is 0. The summed E-state index contributed by atoms with van der Waals surface area (Å²) in [6, 6.07) is 12.1. The molecule has 0 aliphatic heterocycles. The SMILES string of the molecule is CC(=O)c1ccc(-c2ccccc2C)n1C. The number of ketones is 1. The van der Waals surface area contributed by atoms with E-state index in [0.717, 1.165) is 11.4 Å². The highest BCUT2D eigenvalue weighted by molar-refractivity contribution is 5.93. The average Bonchev–Trinajstić information content (AvgIpc) is 2.61. The summed E-state index contributed by atoms with van der Waals surface area (Å²) in [6.07, 6.45) is 0. The number of hydrogen-bond donors (Lipinski definition) is 0. The van der Waals surface area contributed by atoms with Crippen molar-refractivity contribution < 1.29 is 4.79 Å². The standard InChI is InChI=1S/C14H15NO/c1-10-6-4-5-7-12(10)14-9-8-13(11(2)16)15(14)3/h4-9H,1-3H3. The molecule has 0 aliphatic carbocycles. The molecule has 0 spiro atoms. The largest absolute Gasteiger partial charge is 0.341 e. The molecule has 0 fully saturated rings. The minimum Gasteiger partial charge on any atom is -0.341 e. The van der Waals surface area contributed by atoms with E-state index in [1.54, 1.807) is 6.92 Å². The van der Waals surface area contributed by atoms with Crippen LogP contribution in [0.5, 0.6) is 0 Å². The van der Waals surface area contributed by atoms with Crippen LogP contribution in [0.2, 0.25) is 0 Å². The van der Waals surface area contributed by atoms with Crippen LogP contribution in [0.1, 0.15) is 23.0 Å². The van der Waals surface area contributed by atoms with Crippen molar-refractivity contribution in [2.75, 3.05) is 0 Å². The Kier molecular flexibility index (Phi) is 2.65. The molecule has 0 saturated carbocycles. The Morgan fingerprint density at radius 2 is 1.81 bits per heavy atom. The monoisotopic (exact) mass is 213 g/mol. The average molecular weight is 213 g/mol. The number of aryl methyl sites for hydroxylation is 1. The molecule has 0 saturated heterocycles. The topological polar surface area (TPSA) is 22.0 Å². The van der Waals surface area contributed by atoms with Crippen molar-refractivity contribution in [1.82, 2.24) is 4.57 Å². The molecule has 0 radical (unpaired) electrons. The fourth-order valence-electron chi connectivity index (χ4n) is 2.00. The van der Waals surface area contributed by atoms with Gasteiger partial charge < -0.3 is 4.57 Å². The molecule has 0 bridgehead atoms. The fraction of sp³-hybridized carbons (Fsp3) is 0.214. The van der Waals surface area contributed by atoms with Crippen LogP contribution >= 0.6 is 0 Å². The molecule has 0 unspecified atom stereocenters. The third-order valence-corrected chi connectivity index (χ3v) is 2.90. The summed E-state index contributed by atoms with van der Waals surface area (Å²) in [7, 11) is 1.93. The molecule has 0 amide bonds. The van der Waals surface area contributed by atoms with E-state index in [-0.39, 0.29) is 5.78 Å². The minimum absolute atomic E-state index is 0.0994. The number of Topliss-reactive ketones (excluding diaryl/α,β-unsaturated/α-hetero) is 1. The Bertz CT molecular complexity index is 537. The lowest BCUT2D eigenvalue weighted by Crippen LogP contribution is -2.03. The van der Waals surface area contributed by atoms with Gasteiger partial charge in [0.15, 0.2) is 5.78 Å². The van der Waals surface area contributed by atoms with Gasteiger partial charge in [0.2, 0.25) is 0 Å². The minimum atomic E-state index is 0.0994. The van der Waals surface area contributed by atoms with Crippen LogP contribution in [0.25, 0.3) is 11.3 Å².